The van der Waals surface area contributed by atoms with Crippen molar-refractivity contribution in [2.45, 2.75) is 56.5 Å². The molecule has 3 aliphatic rings. The van der Waals surface area contributed by atoms with E-state index in [1.807, 2.05) is 11.4 Å². The van der Waals surface area contributed by atoms with Crippen molar-refractivity contribution in [2.75, 3.05) is 6.54 Å². The topological polar surface area (TPSA) is 78.5 Å². The average molecular weight is 456 g/mol. The zero-order chi connectivity index (χ0) is 22.3. The van der Waals surface area contributed by atoms with Gasteiger partial charge < -0.3 is 10.6 Å². The Hall–Kier alpha value is -2.74. The molecule has 2 unspecified atom stereocenters. The van der Waals surface area contributed by atoms with Crippen LogP contribution in [0.4, 0.5) is 9.18 Å². The Labute approximate surface area is 190 Å². The highest BCUT2D eigenvalue weighted by Gasteiger charge is 2.54. The van der Waals surface area contributed by atoms with E-state index >= 15 is 0 Å². The number of thiophene rings is 1. The molecular formula is C24H26FN3O3S. The number of imide groups is 1. The number of benzene rings is 1. The summed E-state index contributed by atoms with van der Waals surface area (Å²) in [6, 6.07) is 7.30. The Balaban J connectivity index is 1.33. The van der Waals surface area contributed by atoms with Crippen LogP contribution in [0, 0.1) is 11.7 Å². The van der Waals surface area contributed by atoms with Crippen LogP contribution < -0.4 is 10.6 Å². The van der Waals surface area contributed by atoms with Crippen LogP contribution in [0.1, 0.15) is 60.6 Å². The summed E-state index contributed by atoms with van der Waals surface area (Å²) in [5, 5.41) is 7.87. The van der Waals surface area contributed by atoms with Gasteiger partial charge in [-0.1, -0.05) is 25.0 Å². The maximum atomic E-state index is 13.4. The Kier molecular flexibility index (Phi) is 5.49. The van der Waals surface area contributed by atoms with Crippen LogP contribution >= 0.6 is 11.3 Å². The zero-order valence-electron chi connectivity index (χ0n) is 17.7. The molecule has 1 saturated carbocycles. The first kappa shape index (κ1) is 21.1. The van der Waals surface area contributed by atoms with E-state index < -0.39 is 11.6 Å². The quantitative estimate of drug-likeness (QED) is 0.669. The lowest BCUT2D eigenvalue weighted by Gasteiger charge is -2.31. The molecule has 1 aromatic heterocycles. The number of nitrogens with zero attached hydrogens (tertiary/aromatic N) is 1. The van der Waals surface area contributed by atoms with Crippen molar-refractivity contribution in [3.05, 3.63) is 57.5 Å². The lowest BCUT2D eigenvalue weighted by Crippen LogP contribution is -2.47. The molecule has 2 fully saturated rings. The molecule has 1 aromatic carbocycles. The van der Waals surface area contributed by atoms with Gasteiger partial charge >= 0.3 is 6.03 Å². The van der Waals surface area contributed by atoms with Gasteiger partial charge in [0.15, 0.2) is 0 Å². The highest BCUT2D eigenvalue weighted by atomic mass is 32.1. The molecule has 2 aromatic rings. The third kappa shape index (κ3) is 3.60. The summed E-state index contributed by atoms with van der Waals surface area (Å²) in [7, 11) is 0. The maximum absolute atomic E-state index is 13.4. The van der Waals surface area contributed by atoms with Gasteiger partial charge in [-0.05, 0) is 67.2 Å². The third-order valence-electron chi connectivity index (χ3n) is 7.06. The fraction of sp³-hybridized carbons (Fsp3) is 0.458. The fourth-order valence-electron chi connectivity index (χ4n) is 5.48. The Morgan fingerprint density at radius 1 is 1.19 bits per heavy atom. The lowest BCUT2D eigenvalue weighted by atomic mass is 9.80. The smallest absolute Gasteiger partial charge is 0.325 e. The molecule has 5 rings (SSSR count). The molecule has 168 valence electrons. The van der Waals surface area contributed by atoms with Crippen molar-refractivity contribution < 1.29 is 18.8 Å². The average Bonchev–Trinajstić information content (AvgIpc) is 3.52. The molecule has 8 heteroatoms. The summed E-state index contributed by atoms with van der Waals surface area (Å²) in [6.45, 7) is -0.323. The Morgan fingerprint density at radius 2 is 1.94 bits per heavy atom. The van der Waals surface area contributed by atoms with Crippen molar-refractivity contribution >= 4 is 29.2 Å². The summed E-state index contributed by atoms with van der Waals surface area (Å²) < 4.78 is 13.4. The first-order valence-electron chi connectivity index (χ1n) is 11.2. The summed E-state index contributed by atoms with van der Waals surface area (Å²) >= 11 is 1.60. The number of halogens is 1. The van der Waals surface area contributed by atoms with E-state index in [2.05, 4.69) is 10.6 Å². The molecule has 2 atom stereocenters. The van der Waals surface area contributed by atoms with Gasteiger partial charge in [-0.25, -0.2) is 9.18 Å². The molecule has 1 spiro atoms. The minimum atomic E-state index is -1.05. The molecule has 0 radical (unpaired) electrons. The van der Waals surface area contributed by atoms with E-state index in [0.717, 1.165) is 59.4 Å². The number of aryl methyl sites for hydroxylation is 1. The predicted molar refractivity (Wildman–Crippen MR) is 118 cm³/mol. The van der Waals surface area contributed by atoms with E-state index in [4.69, 9.17) is 0 Å². The molecule has 32 heavy (non-hydrogen) atoms. The summed E-state index contributed by atoms with van der Waals surface area (Å²) in [5.74, 6) is -0.801. The number of nitrogens with one attached hydrogen (secondary N) is 2. The normalized spacial score (nSPS) is 24.0. The fourth-order valence-corrected chi connectivity index (χ4v) is 6.48. The maximum Gasteiger partial charge on any atom is 0.325 e. The predicted octanol–water partition coefficient (Wildman–Crippen LogP) is 4.02. The number of fused-ring (bicyclic) bond motifs is 2. The minimum absolute atomic E-state index is 0.255. The van der Waals surface area contributed by atoms with Gasteiger partial charge in [-0.2, -0.15) is 0 Å². The second-order valence-corrected chi connectivity index (χ2v) is 9.98. The van der Waals surface area contributed by atoms with Crippen LogP contribution in [0.25, 0.3) is 0 Å². The van der Waals surface area contributed by atoms with Gasteiger partial charge in [-0.3, -0.25) is 14.5 Å². The first-order valence-corrected chi connectivity index (χ1v) is 12.1. The van der Waals surface area contributed by atoms with E-state index in [9.17, 15) is 18.8 Å². The van der Waals surface area contributed by atoms with E-state index in [1.165, 1.54) is 12.1 Å². The standard InChI is InChI=1S/C24H26FN3O3S/c25-17-9-7-16(8-10-17)21(15-4-1-2-5-15)26-20(29)14-28-22(30)24(27-23(28)31)12-3-6-19-18(24)11-13-32-19/h7-11,13,15,21H,1-6,12,14H2,(H,26,29)(H,27,31). The van der Waals surface area contributed by atoms with E-state index in [1.54, 1.807) is 23.5 Å². The second-order valence-electron chi connectivity index (χ2n) is 8.98. The SMILES string of the molecule is O=C(CN1C(=O)NC2(CCCc3sccc32)C1=O)NC(c1ccc(F)cc1)C1CCCC1. The van der Waals surface area contributed by atoms with Crippen molar-refractivity contribution in [3.63, 3.8) is 0 Å². The number of hydrogen-bond acceptors (Lipinski definition) is 4. The number of urea groups is 1. The number of rotatable bonds is 5. The van der Waals surface area contributed by atoms with E-state index in [-0.39, 0.29) is 36.1 Å². The first-order chi connectivity index (χ1) is 15.5. The summed E-state index contributed by atoms with van der Waals surface area (Å²) in [6.07, 6.45) is 6.41. The molecule has 1 aliphatic heterocycles. The number of amides is 4. The molecule has 6 nitrogen and oxygen atoms in total. The van der Waals surface area contributed by atoms with Gasteiger partial charge in [-0.15, -0.1) is 11.3 Å². The van der Waals surface area contributed by atoms with E-state index in [0.29, 0.717) is 6.42 Å². The summed E-state index contributed by atoms with van der Waals surface area (Å²) in [4.78, 5) is 41.3. The van der Waals surface area contributed by atoms with Crippen molar-refractivity contribution in [3.8, 4) is 0 Å². The van der Waals surface area contributed by atoms with Gasteiger partial charge in [0.2, 0.25) is 5.91 Å². The zero-order valence-corrected chi connectivity index (χ0v) is 18.6. The van der Waals surface area contributed by atoms with Gasteiger partial charge in [0.25, 0.3) is 5.91 Å². The van der Waals surface area contributed by atoms with Crippen LogP contribution in [0.5, 0.6) is 0 Å². The largest absolute Gasteiger partial charge is 0.347 e. The number of carbonyl (C=O) groups is 3. The van der Waals surface area contributed by atoms with Gasteiger partial charge in [0.05, 0.1) is 6.04 Å². The van der Waals surface area contributed by atoms with Crippen molar-refractivity contribution in [1.29, 1.82) is 0 Å². The monoisotopic (exact) mass is 455 g/mol. The number of carbonyl (C=O) groups excluding carboxylic acids is 3. The molecular weight excluding hydrogens is 429 g/mol. The molecule has 2 N–H and O–H groups in total. The van der Waals surface area contributed by atoms with Gasteiger partial charge in [0.1, 0.15) is 17.9 Å². The van der Waals surface area contributed by atoms with Crippen LogP contribution in [0.3, 0.4) is 0 Å². The van der Waals surface area contributed by atoms with Gasteiger partial charge in [0, 0.05) is 10.4 Å². The molecule has 4 amide bonds. The minimum Gasteiger partial charge on any atom is -0.347 e. The summed E-state index contributed by atoms with van der Waals surface area (Å²) in [5.41, 5.74) is 0.660. The second kappa shape index (κ2) is 8.31. The van der Waals surface area contributed by atoms with Crippen molar-refractivity contribution in [2.24, 2.45) is 5.92 Å². The molecule has 0 bridgehead atoms. The number of hydrogen-bond donors (Lipinski definition) is 2. The molecule has 1 saturated heterocycles. The Bertz CT molecular complexity index is 1050. The van der Waals surface area contributed by atoms with Crippen LogP contribution in [-0.4, -0.2) is 29.3 Å². The highest BCUT2D eigenvalue weighted by molar-refractivity contribution is 7.10. The lowest BCUT2D eigenvalue weighted by molar-refractivity contribution is -0.136. The van der Waals surface area contributed by atoms with Crippen LogP contribution in [0.2, 0.25) is 0 Å². The van der Waals surface area contributed by atoms with Crippen molar-refractivity contribution in [1.82, 2.24) is 15.5 Å². The highest BCUT2D eigenvalue weighted by Crippen LogP contribution is 2.42. The molecule has 2 heterocycles. The van der Waals surface area contributed by atoms with Crippen LogP contribution in [0.15, 0.2) is 35.7 Å². The molecule has 2 aliphatic carbocycles. The Morgan fingerprint density at radius 3 is 2.69 bits per heavy atom. The van der Waals surface area contributed by atoms with Crippen LogP contribution in [-0.2, 0) is 21.5 Å². The third-order valence-corrected chi connectivity index (χ3v) is 8.04.